The number of nitrogens with two attached hydrogens (primary N) is 1. The zero-order chi connectivity index (χ0) is 39.3. The van der Waals surface area contributed by atoms with Crippen LogP contribution in [0.5, 0.6) is 11.5 Å². The minimum atomic E-state index is -0.315. The number of hydrogen-bond acceptors (Lipinski definition) is 13. The van der Waals surface area contributed by atoms with Crippen molar-refractivity contribution < 1.29 is 43.2 Å². The number of carbonyl (C=O) groups is 3. The fourth-order valence-electron chi connectivity index (χ4n) is 5.40. The van der Waals surface area contributed by atoms with E-state index in [0.29, 0.717) is 45.0 Å². The minimum absolute atomic E-state index is 0.137. The lowest BCUT2D eigenvalue weighted by Crippen LogP contribution is -2.31. The highest BCUT2D eigenvalue weighted by atomic mass is 33.1. The molecule has 0 fully saturated rings. The fourth-order valence-corrected chi connectivity index (χ4v) is 7.40. The second-order valence-corrected chi connectivity index (χ2v) is 16.1. The fraction of sp³-hybridized carbons (Fsp3) is 0.634. The maximum Gasteiger partial charge on any atom is 0.307 e. The predicted octanol–water partition coefficient (Wildman–Crippen LogP) is 6.96. The molecule has 2 aromatic rings. The van der Waals surface area contributed by atoms with Gasteiger partial charge >= 0.3 is 17.9 Å². The highest BCUT2D eigenvalue weighted by molar-refractivity contribution is 8.76. The molecule has 0 atom stereocenters. The van der Waals surface area contributed by atoms with Crippen molar-refractivity contribution in [3.63, 3.8) is 0 Å². The highest BCUT2D eigenvalue weighted by Gasteiger charge is 2.23. The summed E-state index contributed by atoms with van der Waals surface area (Å²) in [5, 5.41) is 9.05. The molecule has 0 heterocycles. The van der Waals surface area contributed by atoms with Gasteiger partial charge in [-0.3, -0.25) is 14.4 Å². The Morgan fingerprint density at radius 3 is 1.65 bits per heavy atom. The van der Waals surface area contributed by atoms with Crippen LogP contribution in [-0.4, -0.2) is 105 Å². The molecule has 2 rings (SSSR count). The van der Waals surface area contributed by atoms with Gasteiger partial charge in [-0.2, -0.15) is 0 Å². The number of nitrogens with zero attached hydrogens (tertiary/aromatic N) is 1. The Bertz CT molecular complexity index is 1300. The van der Waals surface area contributed by atoms with E-state index in [1.54, 1.807) is 10.8 Å². The average molecular weight is 793 g/mol. The molecule has 0 saturated carbocycles. The lowest BCUT2D eigenvalue weighted by Gasteiger charge is -2.26. The van der Waals surface area contributed by atoms with Crippen LogP contribution in [0.15, 0.2) is 48.5 Å². The van der Waals surface area contributed by atoms with Gasteiger partial charge in [0.25, 0.3) is 0 Å². The molecule has 54 heavy (non-hydrogen) atoms. The Hall–Kier alpha value is -2.97. The number of rotatable bonds is 32. The first kappa shape index (κ1) is 47.2. The molecule has 0 aliphatic rings. The van der Waals surface area contributed by atoms with Crippen molar-refractivity contribution in [1.82, 2.24) is 4.90 Å². The number of aliphatic hydroxyl groups is 1. The topological polar surface area (TPSA) is 147 Å². The summed E-state index contributed by atoms with van der Waals surface area (Å²) in [6.45, 7) is 10.2. The molecule has 11 nitrogen and oxygen atoms in total. The lowest BCUT2D eigenvalue weighted by molar-refractivity contribution is -0.145. The second kappa shape index (κ2) is 29.3. The lowest BCUT2D eigenvalue weighted by atomic mass is 9.78. The van der Waals surface area contributed by atoms with E-state index in [9.17, 15) is 14.4 Å². The first-order chi connectivity index (χ1) is 26.2. The van der Waals surface area contributed by atoms with Crippen LogP contribution >= 0.6 is 21.6 Å². The van der Waals surface area contributed by atoms with E-state index in [0.717, 1.165) is 79.9 Å². The van der Waals surface area contributed by atoms with Crippen molar-refractivity contribution in [2.45, 2.75) is 90.4 Å². The summed E-state index contributed by atoms with van der Waals surface area (Å²) in [6, 6.07) is 15.9. The predicted molar refractivity (Wildman–Crippen MR) is 218 cm³/mol. The van der Waals surface area contributed by atoms with Gasteiger partial charge in [-0.1, -0.05) is 73.0 Å². The van der Waals surface area contributed by atoms with E-state index in [-0.39, 0.29) is 62.6 Å². The van der Waals surface area contributed by atoms with Crippen LogP contribution in [-0.2, 0) is 34.0 Å². The maximum atomic E-state index is 12.4. The van der Waals surface area contributed by atoms with Gasteiger partial charge in [0.1, 0.15) is 37.9 Å². The summed E-state index contributed by atoms with van der Waals surface area (Å²) in [6.07, 6.45) is 7.14. The molecule has 13 heteroatoms. The molecule has 0 unspecified atom stereocenters. The van der Waals surface area contributed by atoms with E-state index in [2.05, 4.69) is 18.7 Å². The monoisotopic (exact) mass is 792 g/mol. The van der Waals surface area contributed by atoms with Gasteiger partial charge in [0.15, 0.2) is 0 Å². The number of unbranched alkanes of at least 4 members (excludes halogenated alkanes) is 4. The molecule has 0 bridgehead atoms. The van der Waals surface area contributed by atoms with Crippen LogP contribution in [0.1, 0.15) is 96.1 Å². The molecule has 0 saturated heterocycles. The van der Waals surface area contributed by atoms with Gasteiger partial charge in [0.2, 0.25) is 0 Å². The minimum Gasteiger partial charge on any atom is -0.490 e. The van der Waals surface area contributed by atoms with Gasteiger partial charge in [0, 0.05) is 49.6 Å². The van der Waals surface area contributed by atoms with Crippen molar-refractivity contribution >= 4 is 39.5 Å². The van der Waals surface area contributed by atoms with Crippen LogP contribution in [0.3, 0.4) is 0 Å². The van der Waals surface area contributed by atoms with E-state index < -0.39 is 0 Å². The van der Waals surface area contributed by atoms with Gasteiger partial charge in [-0.05, 0) is 80.5 Å². The summed E-state index contributed by atoms with van der Waals surface area (Å²) >= 11 is 0. The molecule has 0 radical (unpaired) electrons. The number of benzene rings is 2. The summed E-state index contributed by atoms with van der Waals surface area (Å²) in [4.78, 5) is 38.5. The maximum absolute atomic E-state index is 12.4. The second-order valence-electron chi connectivity index (χ2n) is 13.4. The molecule has 3 N–H and O–H groups in total. The van der Waals surface area contributed by atoms with E-state index in [1.165, 1.54) is 0 Å². The number of hydrogen-bond donors (Lipinski definition) is 2. The van der Waals surface area contributed by atoms with E-state index in [4.69, 9.17) is 34.5 Å². The van der Waals surface area contributed by atoms with Gasteiger partial charge in [-0.15, -0.1) is 0 Å². The average Bonchev–Trinajstić information content (AvgIpc) is 3.18. The van der Waals surface area contributed by atoms with Gasteiger partial charge in [-0.25, -0.2) is 0 Å². The van der Waals surface area contributed by atoms with Crippen molar-refractivity contribution in [2.24, 2.45) is 5.73 Å². The van der Waals surface area contributed by atoms with Crippen LogP contribution in [0.4, 0.5) is 0 Å². The zero-order valence-electron chi connectivity index (χ0n) is 32.7. The highest BCUT2D eigenvalue weighted by Crippen LogP contribution is 2.33. The Labute approximate surface area is 331 Å². The molecule has 0 aromatic heterocycles. The summed E-state index contributed by atoms with van der Waals surface area (Å²) in [5.41, 5.74) is 7.46. The Kier molecular flexibility index (Phi) is 25.6. The molecule has 0 spiro atoms. The SMILES string of the molecule is CCCOC(=O)CCN(CCCCCO)CCC(=O)OCCOc1ccc(C(C)(C)c2ccc(OCCOC(=O)CCCCCSSCCN)cc2)cc1. The largest absolute Gasteiger partial charge is 0.490 e. The number of ether oxygens (including phenoxy) is 5. The van der Waals surface area contributed by atoms with Gasteiger partial charge < -0.3 is 39.4 Å². The summed E-state index contributed by atoms with van der Waals surface area (Å²) in [7, 11) is 3.64. The zero-order valence-corrected chi connectivity index (χ0v) is 34.4. The molecule has 0 amide bonds. The third kappa shape index (κ3) is 21.2. The molecule has 0 aliphatic heterocycles. The summed E-state index contributed by atoms with van der Waals surface area (Å²) in [5.74, 6) is 2.72. The van der Waals surface area contributed by atoms with Crippen molar-refractivity contribution in [3.8, 4) is 11.5 Å². The smallest absolute Gasteiger partial charge is 0.307 e. The molecular weight excluding hydrogens is 729 g/mol. The van der Waals surface area contributed by atoms with E-state index in [1.807, 2.05) is 66.2 Å². The third-order valence-corrected chi connectivity index (χ3v) is 11.2. The number of aliphatic hydroxyl groups excluding tert-OH is 1. The Balaban J connectivity index is 1.68. The molecule has 0 aliphatic carbocycles. The standard InChI is InChI=1S/C41H64N2O9S2/c1-4-27-50-39(46)20-24-43(23-8-6-9-26-44)25-21-40(47)52-31-29-49-37-18-14-35(15-19-37)41(2,3)34-12-16-36(17-13-34)48-28-30-51-38(45)11-7-5-10-32-53-54-33-22-42/h12-19,44H,4-11,20-33,42H2,1-3H3. The van der Waals surface area contributed by atoms with Crippen molar-refractivity contribution in [1.29, 1.82) is 0 Å². The van der Waals surface area contributed by atoms with Gasteiger partial charge in [0.05, 0.1) is 19.4 Å². The quantitative estimate of drug-likeness (QED) is 0.0341. The van der Waals surface area contributed by atoms with Crippen LogP contribution < -0.4 is 15.2 Å². The Morgan fingerprint density at radius 2 is 1.13 bits per heavy atom. The van der Waals surface area contributed by atoms with Crippen LogP contribution in [0, 0.1) is 0 Å². The van der Waals surface area contributed by atoms with Crippen molar-refractivity contribution in [3.05, 3.63) is 59.7 Å². The van der Waals surface area contributed by atoms with Crippen LogP contribution in [0.25, 0.3) is 0 Å². The van der Waals surface area contributed by atoms with Crippen molar-refractivity contribution in [2.75, 3.05) is 77.3 Å². The van der Waals surface area contributed by atoms with Crippen LogP contribution in [0.2, 0.25) is 0 Å². The number of esters is 3. The molecule has 2 aromatic carbocycles. The molecular formula is C41H64N2O9S2. The number of carbonyl (C=O) groups excluding carboxylic acids is 3. The first-order valence-corrected chi connectivity index (χ1v) is 21.9. The van der Waals surface area contributed by atoms with E-state index >= 15 is 0 Å². The summed E-state index contributed by atoms with van der Waals surface area (Å²) < 4.78 is 27.6. The third-order valence-electron chi connectivity index (χ3n) is 8.64. The Morgan fingerprint density at radius 1 is 0.630 bits per heavy atom. The first-order valence-electron chi connectivity index (χ1n) is 19.4. The normalized spacial score (nSPS) is 11.4. The molecule has 304 valence electrons.